The van der Waals surface area contributed by atoms with Gasteiger partial charge in [-0.1, -0.05) is 30.4 Å². The van der Waals surface area contributed by atoms with E-state index in [2.05, 4.69) is 0 Å². The summed E-state index contributed by atoms with van der Waals surface area (Å²) in [6, 6.07) is 4.77. The Bertz CT molecular complexity index is 789. The maximum absolute atomic E-state index is 12.8. The SMILES string of the molecule is O=S1(=O)[C@H]2C[C@H]3C=C[C@@]2(CN1Cc1cccc(C(F)(F)F)c1)O3. The number of ether oxygens (including phenoxy) is 1. The van der Waals surface area contributed by atoms with Crippen LogP contribution in [0.4, 0.5) is 13.2 Å². The Labute approximate surface area is 131 Å². The fourth-order valence-electron chi connectivity index (χ4n) is 3.66. The van der Waals surface area contributed by atoms with Crippen LogP contribution in [0.15, 0.2) is 36.4 Å². The van der Waals surface area contributed by atoms with Gasteiger partial charge in [-0.3, -0.25) is 0 Å². The lowest BCUT2D eigenvalue weighted by molar-refractivity contribution is -0.137. The third kappa shape index (κ3) is 2.23. The summed E-state index contributed by atoms with van der Waals surface area (Å²) in [6.07, 6.45) is -0.544. The number of nitrogens with zero attached hydrogens (tertiary/aromatic N) is 1. The highest BCUT2D eigenvalue weighted by atomic mass is 32.2. The molecule has 0 amide bonds. The molecule has 2 saturated heterocycles. The van der Waals surface area contributed by atoms with Gasteiger partial charge in [0.05, 0.1) is 11.7 Å². The lowest BCUT2D eigenvalue weighted by Gasteiger charge is -2.19. The van der Waals surface area contributed by atoms with Crippen LogP contribution in [0.3, 0.4) is 0 Å². The van der Waals surface area contributed by atoms with E-state index in [1.807, 2.05) is 6.08 Å². The first-order valence-corrected chi connectivity index (χ1v) is 8.73. The summed E-state index contributed by atoms with van der Waals surface area (Å²) in [5.41, 5.74) is -1.29. The van der Waals surface area contributed by atoms with Gasteiger partial charge in [-0.25, -0.2) is 8.42 Å². The van der Waals surface area contributed by atoms with Gasteiger partial charge in [0.1, 0.15) is 10.9 Å². The second-order valence-corrected chi connectivity index (χ2v) is 8.32. The fraction of sp³-hybridized carbons (Fsp3) is 0.467. The zero-order valence-electron chi connectivity index (χ0n) is 12.0. The minimum atomic E-state index is -4.44. The van der Waals surface area contributed by atoms with E-state index in [-0.39, 0.29) is 19.2 Å². The molecule has 1 aromatic rings. The van der Waals surface area contributed by atoms with Crippen molar-refractivity contribution in [3.63, 3.8) is 0 Å². The molecule has 3 aliphatic heterocycles. The Morgan fingerprint density at radius 1 is 1.35 bits per heavy atom. The van der Waals surface area contributed by atoms with Gasteiger partial charge in [0.25, 0.3) is 0 Å². The van der Waals surface area contributed by atoms with E-state index >= 15 is 0 Å². The third-order valence-electron chi connectivity index (χ3n) is 4.71. The Morgan fingerprint density at radius 3 is 2.78 bits per heavy atom. The quantitative estimate of drug-likeness (QED) is 0.773. The molecule has 3 heterocycles. The summed E-state index contributed by atoms with van der Waals surface area (Å²) in [5.74, 6) is 0. The highest BCUT2D eigenvalue weighted by Gasteiger charge is 2.63. The van der Waals surface area contributed by atoms with E-state index in [9.17, 15) is 21.6 Å². The van der Waals surface area contributed by atoms with Gasteiger partial charge in [-0.15, -0.1) is 0 Å². The zero-order chi connectivity index (χ0) is 16.5. The summed E-state index contributed by atoms with van der Waals surface area (Å²) < 4.78 is 70.6. The molecule has 23 heavy (non-hydrogen) atoms. The Balaban J connectivity index is 1.62. The lowest BCUT2D eigenvalue weighted by Crippen LogP contribution is -2.36. The van der Waals surface area contributed by atoms with E-state index in [1.165, 1.54) is 16.4 Å². The van der Waals surface area contributed by atoms with Crippen molar-refractivity contribution in [2.45, 2.75) is 36.1 Å². The number of rotatable bonds is 2. The molecule has 0 unspecified atom stereocenters. The molecule has 0 N–H and O–H groups in total. The van der Waals surface area contributed by atoms with Crippen LogP contribution in [0.2, 0.25) is 0 Å². The Morgan fingerprint density at radius 2 is 2.13 bits per heavy atom. The number of fused-ring (bicyclic) bond motifs is 1. The van der Waals surface area contributed by atoms with Crippen LogP contribution < -0.4 is 0 Å². The summed E-state index contributed by atoms with van der Waals surface area (Å²) in [6.45, 7) is 0.0790. The van der Waals surface area contributed by atoms with Crippen molar-refractivity contribution in [1.82, 2.24) is 4.31 Å². The smallest absolute Gasteiger partial charge is 0.361 e. The van der Waals surface area contributed by atoms with Crippen molar-refractivity contribution in [3.05, 3.63) is 47.5 Å². The molecule has 8 heteroatoms. The van der Waals surface area contributed by atoms with Crippen molar-refractivity contribution < 1.29 is 26.3 Å². The largest absolute Gasteiger partial charge is 0.416 e. The van der Waals surface area contributed by atoms with Crippen LogP contribution in [0.5, 0.6) is 0 Å². The maximum atomic E-state index is 12.8. The number of hydrogen-bond acceptors (Lipinski definition) is 3. The van der Waals surface area contributed by atoms with Gasteiger partial charge in [-0.05, 0) is 18.1 Å². The van der Waals surface area contributed by atoms with Gasteiger partial charge in [-0.2, -0.15) is 17.5 Å². The first-order chi connectivity index (χ1) is 10.7. The molecule has 4 rings (SSSR count). The van der Waals surface area contributed by atoms with Crippen molar-refractivity contribution in [2.75, 3.05) is 6.54 Å². The van der Waals surface area contributed by atoms with Crippen molar-refractivity contribution >= 4 is 10.0 Å². The van der Waals surface area contributed by atoms with Crippen molar-refractivity contribution in [2.24, 2.45) is 0 Å². The molecule has 4 nitrogen and oxygen atoms in total. The Hall–Kier alpha value is -1.38. The molecule has 0 saturated carbocycles. The Kier molecular flexibility index (Phi) is 3.02. The molecule has 1 spiro atoms. The third-order valence-corrected chi connectivity index (χ3v) is 7.00. The molecular weight excluding hydrogens is 331 g/mol. The van der Waals surface area contributed by atoms with Gasteiger partial charge < -0.3 is 4.74 Å². The predicted molar refractivity (Wildman–Crippen MR) is 75.9 cm³/mol. The van der Waals surface area contributed by atoms with E-state index in [0.29, 0.717) is 12.0 Å². The average molecular weight is 345 g/mol. The van der Waals surface area contributed by atoms with Crippen LogP contribution >= 0.6 is 0 Å². The van der Waals surface area contributed by atoms with Gasteiger partial charge >= 0.3 is 6.18 Å². The summed E-state index contributed by atoms with van der Waals surface area (Å²) in [7, 11) is -3.58. The molecule has 3 atom stereocenters. The summed E-state index contributed by atoms with van der Waals surface area (Å²) in [4.78, 5) is 0. The van der Waals surface area contributed by atoms with Crippen LogP contribution in [-0.4, -0.2) is 36.2 Å². The van der Waals surface area contributed by atoms with Gasteiger partial charge in [0, 0.05) is 13.1 Å². The highest BCUT2D eigenvalue weighted by molar-refractivity contribution is 7.90. The first-order valence-electron chi connectivity index (χ1n) is 7.23. The van der Waals surface area contributed by atoms with Crippen LogP contribution in [0, 0.1) is 0 Å². The summed E-state index contributed by atoms with van der Waals surface area (Å²) in [5, 5.41) is -0.629. The average Bonchev–Trinajstić information content (AvgIpc) is 3.09. The van der Waals surface area contributed by atoms with E-state index in [0.717, 1.165) is 12.1 Å². The maximum Gasteiger partial charge on any atom is 0.416 e. The van der Waals surface area contributed by atoms with E-state index in [4.69, 9.17) is 4.74 Å². The van der Waals surface area contributed by atoms with E-state index in [1.54, 1.807) is 6.08 Å². The molecule has 0 radical (unpaired) electrons. The standard InChI is InChI=1S/C15H14F3NO3S/c16-15(17,18)11-3-1-2-10(6-11)8-19-9-14-5-4-12(22-14)7-13(14)23(19,20)21/h1-6,12-13H,7-9H2/t12-,13+,14+/m1/s1. The van der Waals surface area contributed by atoms with Crippen molar-refractivity contribution in [1.29, 1.82) is 0 Å². The first kappa shape index (κ1) is 15.2. The molecule has 0 aliphatic carbocycles. The minimum absolute atomic E-state index is 0.0770. The molecule has 3 aliphatic rings. The normalized spacial score (nSPS) is 34.9. The second kappa shape index (κ2) is 4.58. The monoisotopic (exact) mass is 345 g/mol. The number of hydrogen-bond donors (Lipinski definition) is 0. The van der Waals surface area contributed by atoms with E-state index < -0.39 is 32.6 Å². The minimum Gasteiger partial charge on any atom is -0.361 e. The highest BCUT2D eigenvalue weighted by Crippen LogP contribution is 2.48. The second-order valence-electron chi connectivity index (χ2n) is 6.21. The van der Waals surface area contributed by atoms with Crippen LogP contribution in [-0.2, 0) is 27.5 Å². The lowest BCUT2D eigenvalue weighted by atomic mass is 9.94. The molecule has 2 bridgehead atoms. The zero-order valence-corrected chi connectivity index (χ0v) is 12.8. The molecule has 0 aromatic heterocycles. The van der Waals surface area contributed by atoms with Gasteiger partial charge in [0.2, 0.25) is 10.0 Å². The number of alkyl halides is 3. The molecule has 1 aromatic carbocycles. The molecular formula is C15H14F3NO3S. The van der Waals surface area contributed by atoms with Gasteiger partial charge in [0.15, 0.2) is 0 Å². The number of halogens is 3. The predicted octanol–water partition coefficient (Wildman–Crippen LogP) is 2.32. The fourth-order valence-corrected chi connectivity index (χ4v) is 5.87. The number of benzene rings is 1. The molecule has 2 fully saturated rings. The number of sulfonamides is 1. The van der Waals surface area contributed by atoms with Crippen molar-refractivity contribution in [3.8, 4) is 0 Å². The molecule has 124 valence electrons. The van der Waals surface area contributed by atoms with Crippen LogP contribution in [0.25, 0.3) is 0 Å². The summed E-state index contributed by atoms with van der Waals surface area (Å²) >= 11 is 0. The topological polar surface area (TPSA) is 46.6 Å². The van der Waals surface area contributed by atoms with Crippen LogP contribution in [0.1, 0.15) is 17.5 Å².